The Morgan fingerprint density at radius 1 is 1.46 bits per heavy atom. The largest absolute Gasteiger partial charge is 0.467 e. The van der Waals surface area contributed by atoms with Gasteiger partial charge < -0.3 is 9.64 Å². The second-order valence-corrected chi connectivity index (χ2v) is 3.54. The van der Waals surface area contributed by atoms with Crippen molar-refractivity contribution >= 4 is 11.9 Å². The lowest BCUT2D eigenvalue weighted by atomic mass is 9.99. The molecule has 0 saturated carbocycles. The molecular weight excluding hydrogens is 170 g/mol. The number of likely N-dealkylation sites (tertiary alicyclic amines) is 1. The van der Waals surface area contributed by atoms with Crippen molar-refractivity contribution in [2.24, 2.45) is 0 Å². The van der Waals surface area contributed by atoms with Gasteiger partial charge in [0, 0.05) is 13.5 Å². The van der Waals surface area contributed by atoms with Crippen LogP contribution in [-0.4, -0.2) is 36.0 Å². The molecule has 1 amide bonds. The van der Waals surface area contributed by atoms with Crippen LogP contribution >= 0.6 is 0 Å². The zero-order valence-electron chi connectivity index (χ0n) is 8.29. The summed E-state index contributed by atoms with van der Waals surface area (Å²) >= 11 is 0. The molecule has 1 aliphatic heterocycles. The van der Waals surface area contributed by atoms with Crippen LogP contribution in [0.25, 0.3) is 0 Å². The molecule has 13 heavy (non-hydrogen) atoms. The Kier molecular flexibility index (Phi) is 2.59. The normalized spacial score (nSPS) is 27.5. The van der Waals surface area contributed by atoms with Gasteiger partial charge >= 0.3 is 5.97 Å². The molecule has 1 unspecified atom stereocenters. The molecule has 4 heteroatoms. The molecule has 1 saturated heterocycles. The Labute approximate surface area is 77.8 Å². The first kappa shape index (κ1) is 10.0. The van der Waals surface area contributed by atoms with E-state index in [1.807, 2.05) is 0 Å². The van der Waals surface area contributed by atoms with Gasteiger partial charge in [0.2, 0.25) is 5.91 Å². The summed E-state index contributed by atoms with van der Waals surface area (Å²) in [5.74, 6) is -0.384. The minimum atomic E-state index is -0.736. The lowest BCUT2D eigenvalue weighted by Crippen LogP contribution is -2.50. The molecule has 74 valence electrons. The highest BCUT2D eigenvalue weighted by molar-refractivity contribution is 5.87. The average molecular weight is 185 g/mol. The molecule has 1 heterocycles. The first-order valence-corrected chi connectivity index (χ1v) is 4.39. The fourth-order valence-corrected chi connectivity index (χ4v) is 1.90. The molecule has 0 aliphatic carbocycles. The molecule has 4 nitrogen and oxygen atoms in total. The third-order valence-corrected chi connectivity index (χ3v) is 2.65. The summed E-state index contributed by atoms with van der Waals surface area (Å²) in [4.78, 5) is 24.2. The third kappa shape index (κ3) is 1.53. The summed E-state index contributed by atoms with van der Waals surface area (Å²) < 4.78 is 4.68. The van der Waals surface area contributed by atoms with E-state index in [0.717, 1.165) is 6.42 Å². The summed E-state index contributed by atoms with van der Waals surface area (Å²) in [5, 5.41) is 0. The number of methoxy groups -OCH3 is 1. The number of hydrogen-bond donors (Lipinski definition) is 0. The molecule has 0 aromatic heterocycles. The number of esters is 1. The Balaban J connectivity index is 2.87. The maximum Gasteiger partial charge on any atom is 0.331 e. The van der Waals surface area contributed by atoms with Gasteiger partial charge in [0.25, 0.3) is 0 Å². The Bertz CT molecular complexity index is 239. The smallest absolute Gasteiger partial charge is 0.331 e. The predicted octanol–water partition coefficient (Wildman–Crippen LogP) is 0.560. The van der Waals surface area contributed by atoms with E-state index in [4.69, 9.17) is 0 Å². The summed E-state index contributed by atoms with van der Waals surface area (Å²) in [7, 11) is 1.35. The number of carbonyl (C=O) groups is 2. The molecule has 0 bridgehead atoms. The highest BCUT2D eigenvalue weighted by Gasteiger charge is 2.45. The Morgan fingerprint density at radius 2 is 2.08 bits per heavy atom. The van der Waals surface area contributed by atoms with Crippen molar-refractivity contribution in [3.05, 3.63) is 0 Å². The van der Waals surface area contributed by atoms with Gasteiger partial charge in [0.05, 0.1) is 7.11 Å². The van der Waals surface area contributed by atoms with Gasteiger partial charge in [0.15, 0.2) is 0 Å². The second kappa shape index (κ2) is 3.36. The van der Waals surface area contributed by atoms with Crippen molar-refractivity contribution in [3.8, 4) is 0 Å². The number of rotatable bonds is 1. The minimum absolute atomic E-state index is 0.0644. The van der Waals surface area contributed by atoms with E-state index in [-0.39, 0.29) is 11.9 Å². The molecule has 0 N–H and O–H groups in total. The zero-order chi connectivity index (χ0) is 10.1. The summed E-state index contributed by atoms with van der Waals surface area (Å²) in [6.07, 6.45) is 1.56. The number of nitrogens with zero attached hydrogens (tertiary/aromatic N) is 1. The van der Waals surface area contributed by atoms with Gasteiger partial charge in [0.1, 0.15) is 5.54 Å². The fourth-order valence-electron chi connectivity index (χ4n) is 1.90. The van der Waals surface area contributed by atoms with E-state index in [1.165, 1.54) is 14.0 Å². The van der Waals surface area contributed by atoms with Crippen LogP contribution in [0.15, 0.2) is 0 Å². The van der Waals surface area contributed by atoms with Crippen molar-refractivity contribution in [3.63, 3.8) is 0 Å². The molecule has 0 radical (unpaired) electrons. The lowest BCUT2D eigenvalue weighted by molar-refractivity contribution is -0.157. The first-order valence-electron chi connectivity index (χ1n) is 4.39. The maximum absolute atomic E-state index is 11.4. The molecular formula is C9H15NO3. The number of ether oxygens (including phenoxy) is 1. The van der Waals surface area contributed by atoms with Crippen LogP contribution in [0.3, 0.4) is 0 Å². The molecule has 0 aromatic rings. The van der Waals surface area contributed by atoms with E-state index in [1.54, 1.807) is 11.8 Å². The average Bonchev–Trinajstić information content (AvgIpc) is 2.47. The van der Waals surface area contributed by atoms with Crippen LogP contribution in [0.5, 0.6) is 0 Å². The van der Waals surface area contributed by atoms with Crippen LogP contribution in [0, 0.1) is 0 Å². The van der Waals surface area contributed by atoms with E-state index in [0.29, 0.717) is 13.0 Å². The third-order valence-electron chi connectivity index (χ3n) is 2.65. The van der Waals surface area contributed by atoms with E-state index in [9.17, 15) is 9.59 Å². The van der Waals surface area contributed by atoms with Crippen molar-refractivity contribution < 1.29 is 14.3 Å². The highest BCUT2D eigenvalue weighted by Crippen LogP contribution is 2.29. The molecule has 0 spiro atoms. The SMILES string of the molecule is COC(=O)C1(C)CCCN1C(C)=O. The van der Waals surface area contributed by atoms with Crippen LogP contribution in [-0.2, 0) is 14.3 Å². The van der Waals surface area contributed by atoms with Gasteiger partial charge in [-0.15, -0.1) is 0 Å². The van der Waals surface area contributed by atoms with E-state index < -0.39 is 5.54 Å². The predicted molar refractivity (Wildman–Crippen MR) is 47.0 cm³/mol. The fraction of sp³-hybridized carbons (Fsp3) is 0.778. The molecule has 1 fully saturated rings. The van der Waals surface area contributed by atoms with Crippen molar-refractivity contribution in [2.45, 2.75) is 32.2 Å². The lowest BCUT2D eigenvalue weighted by Gasteiger charge is -2.31. The van der Waals surface area contributed by atoms with Gasteiger partial charge in [-0.3, -0.25) is 4.79 Å². The first-order chi connectivity index (χ1) is 6.02. The topological polar surface area (TPSA) is 46.6 Å². The molecule has 0 aromatic carbocycles. The number of hydrogen-bond acceptors (Lipinski definition) is 3. The summed E-state index contributed by atoms with van der Waals surface area (Å²) in [6, 6.07) is 0. The highest BCUT2D eigenvalue weighted by atomic mass is 16.5. The van der Waals surface area contributed by atoms with Crippen LogP contribution < -0.4 is 0 Å². The van der Waals surface area contributed by atoms with Crippen LogP contribution in [0.1, 0.15) is 26.7 Å². The van der Waals surface area contributed by atoms with Crippen molar-refractivity contribution in [2.75, 3.05) is 13.7 Å². The van der Waals surface area contributed by atoms with Crippen LogP contribution in [0.2, 0.25) is 0 Å². The van der Waals surface area contributed by atoms with Gasteiger partial charge in [-0.25, -0.2) is 4.79 Å². The van der Waals surface area contributed by atoms with Crippen LogP contribution in [0.4, 0.5) is 0 Å². The molecule has 1 atom stereocenters. The standard InChI is InChI=1S/C9H15NO3/c1-7(11)10-6-4-5-9(10,2)8(12)13-3/h4-6H2,1-3H3. The second-order valence-electron chi connectivity index (χ2n) is 3.54. The monoisotopic (exact) mass is 185 g/mol. The quantitative estimate of drug-likeness (QED) is 0.561. The molecule has 1 aliphatic rings. The summed E-state index contributed by atoms with van der Waals surface area (Å²) in [5.41, 5.74) is -0.736. The number of amides is 1. The van der Waals surface area contributed by atoms with E-state index in [2.05, 4.69) is 4.74 Å². The maximum atomic E-state index is 11.4. The number of carbonyl (C=O) groups excluding carboxylic acids is 2. The van der Waals surface area contributed by atoms with Gasteiger partial charge in [-0.2, -0.15) is 0 Å². The Hall–Kier alpha value is -1.06. The van der Waals surface area contributed by atoms with Crippen molar-refractivity contribution in [1.82, 2.24) is 4.90 Å². The molecule has 1 rings (SSSR count). The van der Waals surface area contributed by atoms with Gasteiger partial charge in [-0.05, 0) is 19.8 Å². The summed E-state index contributed by atoms with van der Waals surface area (Å²) in [6.45, 7) is 3.89. The zero-order valence-corrected chi connectivity index (χ0v) is 8.29. The van der Waals surface area contributed by atoms with E-state index >= 15 is 0 Å². The van der Waals surface area contributed by atoms with Crippen molar-refractivity contribution in [1.29, 1.82) is 0 Å². The van der Waals surface area contributed by atoms with Gasteiger partial charge in [-0.1, -0.05) is 0 Å². The Morgan fingerprint density at radius 3 is 2.54 bits per heavy atom. The minimum Gasteiger partial charge on any atom is -0.467 e.